The third-order valence-electron chi connectivity index (χ3n) is 4.90. The minimum atomic E-state index is -1.26. The SMILES string of the molecule is C=CCCCCOc1nsnc1C1CN2CCC1CC2.O=C(O)C=CC(=O)O. The Morgan fingerprint density at radius 2 is 1.86 bits per heavy atom. The van der Waals surface area contributed by atoms with Gasteiger partial charge < -0.3 is 19.8 Å². The van der Waals surface area contributed by atoms with E-state index in [-0.39, 0.29) is 0 Å². The largest absolute Gasteiger partial charge is 0.478 e. The lowest BCUT2D eigenvalue weighted by Gasteiger charge is -2.44. The third-order valence-corrected chi connectivity index (χ3v) is 5.43. The highest BCUT2D eigenvalue weighted by Gasteiger charge is 2.38. The quantitative estimate of drug-likeness (QED) is 0.364. The predicted octanol–water partition coefficient (Wildman–Crippen LogP) is 2.79. The lowest BCUT2D eigenvalue weighted by molar-refractivity contribution is -0.134. The summed E-state index contributed by atoms with van der Waals surface area (Å²) in [7, 11) is 0. The highest BCUT2D eigenvalue weighted by Crippen LogP contribution is 2.41. The summed E-state index contributed by atoms with van der Waals surface area (Å²) in [6.07, 6.45) is 8.94. The van der Waals surface area contributed by atoms with E-state index in [1.54, 1.807) is 0 Å². The molecule has 1 atom stereocenters. The molecule has 1 aromatic rings. The molecule has 3 aliphatic rings. The summed E-state index contributed by atoms with van der Waals surface area (Å²) in [5.74, 6) is -0.390. The van der Waals surface area contributed by atoms with Crippen LogP contribution in [-0.2, 0) is 9.59 Å². The molecule has 1 unspecified atom stereocenters. The zero-order chi connectivity index (χ0) is 20.4. The highest BCUT2D eigenvalue weighted by molar-refractivity contribution is 6.99. The number of aliphatic carboxylic acids is 2. The van der Waals surface area contributed by atoms with Crippen LogP contribution < -0.4 is 4.74 Å². The van der Waals surface area contributed by atoms with Crippen molar-refractivity contribution in [2.24, 2.45) is 5.92 Å². The summed E-state index contributed by atoms with van der Waals surface area (Å²) in [4.78, 5) is 21.7. The molecule has 2 bridgehead atoms. The molecule has 0 amide bonds. The van der Waals surface area contributed by atoms with E-state index in [2.05, 4.69) is 20.2 Å². The number of piperidine rings is 3. The summed E-state index contributed by atoms with van der Waals surface area (Å²) >= 11 is 1.30. The van der Waals surface area contributed by atoms with Gasteiger partial charge in [-0.25, -0.2) is 9.59 Å². The van der Waals surface area contributed by atoms with Gasteiger partial charge in [0.1, 0.15) is 5.69 Å². The molecule has 3 aliphatic heterocycles. The number of unbranched alkanes of at least 4 members (excludes halogenated alkanes) is 2. The van der Waals surface area contributed by atoms with Crippen LogP contribution in [0.3, 0.4) is 0 Å². The molecule has 0 aromatic carbocycles. The van der Waals surface area contributed by atoms with Gasteiger partial charge in [0.2, 0.25) is 5.88 Å². The van der Waals surface area contributed by atoms with Crippen molar-refractivity contribution in [2.75, 3.05) is 26.2 Å². The number of allylic oxidation sites excluding steroid dienone is 1. The van der Waals surface area contributed by atoms with Gasteiger partial charge in [-0.2, -0.15) is 4.37 Å². The topological polar surface area (TPSA) is 113 Å². The third kappa shape index (κ3) is 7.05. The molecule has 0 spiro atoms. The van der Waals surface area contributed by atoms with Crippen molar-refractivity contribution >= 4 is 23.7 Å². The molecule has 28 heavy (non-hydrogen) atoms. The van der Waals surface area contributed by atoms with Gasteiger partial charge >= 0.3 is 11.9 Å². The van der Waals surface area contributed by atoms with Gasteiger partial charge in [0.25, 0.3) is 0 Å². The number of carboxylic acids is 2. The number of rotatable bonds is 9. The Morgan fingerprint density at radius 3 is 2.39 bits per heavy atom. The molecule has 0 saturated carbocycles. The molecule has 9 heteroatoms. The molecule has 3 fully saturated rings. The van der Waals surface area contributed by atoms with E-state index >= 15 is 0 Å². The van der Waals surface area contributed by atoms with Crippen LogP contribution in [0.25, 0.3) is 0 Å². The van der Waals surface area contributed by atoms with Crippen molar-refractivity contribution in [1.82, 2.24) is 13.6 Å². The molecular formula is C19H27N3O5S. The van der Waals surface area contributed by atoms with Crippen LogP contribution >= 0.6 is 11.7 Å². The van der Waals surface area contributed by atoms with Gasteiger partial charge in [-0.15, -0.1) is 11.0 Å². The molecule has 4 heterocycles. The minimum Gasteiger partial charge on any atom is -0.478 e. The monoisotopic (exact) mass is 409 g/mol. The zero-order valence-corrected chi connectivity index (χ0v) is 16.6. The summed E-state index contributed by atoms with van der Waals surface area (Å²) < 4.78 is 14.8. The Kier molecular flexibility index (Phi) is 9.09. The maximum Gasteiger partial charge on any atom is 0.328 e. The van der Waals surface area contributed by atoms with Crippen LogP contribution in [0.1, 0.15) is 43.7 Å². The number of ether oxygens (including phenoxy) is 1. The number of hydrogen-bond acceptors (Lipinski definition) is 7. The fourth-order valence-corrected chi connectivity index (χ4v) is 4.05. The van der Waals surface area contributed by atoms with Crippen LogP contribution in [0, 0.1) is 5.92 Å². The molecule has 1 aromatic heterocycles. The Labute approximate surface area is 168 Å². The molecular weight excluding hydrogens is 382 g/mol. The number of carboxylic acid groups (broad SMARTS) is 2. The Bertz CT molecular complexity index is 667. The van der Waals surface area contributed by atoms with Gasteiger partial charge in [-0.3, -0.25) is 0 Å². The molecule has 154 valence electrons. The molecule has 3 saturated heterocycles. The van der Waals surface area contributed by atoms with Gasteiger partial charge in [-0.05, 0) is 51.1 Å². The van der Waals surface area contributed by atoms with Crippen LogP contribution in [-0.4, -0.2) is 62.0 Å². The Balaban J connectivity index is 0.000000300. The van der Waals surface area contributed by atoms with Gasteiger partial charge in [0.05, 0.1) is 18.3 Å². The molecule has 8 nitrogen and oxygen atoms in total. The van der Waals surface area contributed by atoms with Gasteiger partial charge in [-0.1, -0.05) is 6.08 Å². The molecule has 2 N–H and O–H groups in total. The first kappa shape index (κ1) is 22.0. The molecule has 0 aliphatic carbocycles. The van der Waals surface area contributed by atoms with Crippen molar-refractivity contribution in [3.8, 4) is 5.88 Å². The number of carbonyl (C=O) groups is 2. The average Bonchev–Trinajstić information content (AvgIpc) is 3.16. The molecule has 0 radical (unpaired) electrons. The van der Waals surface area contributed by atoms with E-state index < -0.39 is 11.9 Å². The second kappa shape index (κ2) is 11.6. The number of hydrogen-bond donors (Lipinski definition) is 2. The lowest BCUT2D eigenvalue weighted by atomic mass is 9.77. The van der Waals surface area contributed by atoms with Crippen LogP contribution in [0.2, 0.25) is 0 Å². The van der Waals surface area contributed by atoms with Crippen molar-refractivity contribution in [3.63, 3.8) is 0 Å². The van der Waals surface area contributed by atoms with Crippen LogP contribution in [0.5, 0.6) is 5.88 Å². The van der Waals surface area contributed by atoms with Crippen LogP contribution in [0.15, 0.2) is 24.8 Å². The normalized spacial score (nSPS) is 23.1. The number of aromatic nitrogens is 2. The van der Waals surface area contributed by atoms with Gasteiger partial charge in [0.15, 0.2) is 0 Å². The van der Waals surface area contributed by atoms with E-state index in [1.807, 2.05) is 6.08 Å². The standard InChI is InChI=1S/C15H23N3OS.C4H4O4/c1-2-3-4-5-10-19-15-14(16-20-17-15)13-11-18-8-6-12(13)7-9-18;5-3(6)1-2-4(7)8/h2,12-13H,1,3-11H2;1-2H,(H,5,6)(H,7,8). The first-order chi connectivity index (χ1) is 13.5. The van der Waals surface area contributed by atoms with Crippen molar-refractivity contribution in [1.29, 1.82) is 0 Å². The van der Waals surface area contributed by atoms with E-state index in [1.165, 1.54) is 37.7 Å². The summed E-state index contributed by atoms with van der Waals surface area (Å²) in [5.41, 5.74) is 1.12. The predicted molar refractivity (Wildman–Crippen MR) is 106 cm³/mol. The van der Waals surface area contributed by atoms with Crippen molar-refractivity contribution in [3.05, 3.63) is 30.5 Å². The maximum atomic E-state index is 9.55. The fourth-order valence-electron chi connectivity index (χ4n) is 3.49. The zero-order valence-electron chi connectivity index (χ0n) is 15.8. The van der Waals surface area contributed by atoms with Crippen LogP contribution in [0.4, 0.5) is 0 Å². The highest BCUT2D eigenvalue weighted by atomic mass is 32.1. The maximum absolute atomic E-state index is 9.55. The first-order valence-electron chi connectivity index (χ1n) is 9.43. The van der Waals surface area contributed by atoms with E-state index in [9.17, 15) is 9.59 Å². The Morgan fingerprint density at radius 1 is 1.18 bits per heavy atom. The second-order valence-electron chi connectivity index (χ2n) is 6.84. The van der Waals surface area contributed by atoms with Gasteiger partial charge in [0, 0.05) is 24.6 Å². The average molecular weight is 410 g/mol. The smallest absolute Gasteiger partial charge is 0.328 e. The first-order valence-corrected chi connectivity index (χ1v) is 10.2. The summed E-state index contributed by atoms with van der Waals surface area (Å²) in [6.45, 7) is 8.15. The number of nitrogens with zero attached hydrogens (tertiary/aromatic N) is 3. The lowest BCUT2D eigenvalue weighted by Crippen LogP contribution is -2.46. The number of fused-ring (bicyclic) bond motifs is 3. The second-order valence-corrected chi connectivity index (χ2v) is 7.37. The van der Waals surface area contributed by atoms with Crippen molar-refractivity contribution < 1.29 is 24.5 Å². The summed E-state index contributed by atoms with van der Waals surface area (Å²) in [6, 6.07) is 0. The Hall–Kier alpha value is -2.26. The molecule has 4 rings (SSSR count). The van der Waals surface area contributed by atoms with Crippen molar-refractivity contribution in [2.45, 2.75) is 38.0 Å². The van der Waals surface area contributed by atoms with E-state index in [0.29, 0.717) is 18.1 Å². The summed E-state index contributed by atoms with van der Waals surface area (Å²) in [5, 5.41) is 15.6. The fraction of sp³-hybridized carbons (Fsp3) is 0.579. The minimum absolute atomic E-state index is 0.541. The van der Waals surface area contributed by atoms with E-state index in [0.717, 1.165) is 49.9 Å². The van der Waals surface area contributed by atoms with E-state index in [4.69, 9.17) is 14.9 Å².